The smallest absolute Gasteiger partial charge is 0.265 e. The minimum absolute atomic E-state index is 0.0171. The second-order valence-electron chi connectivity index (χ2n) is 4.38. The summed E-state index contributed by atoms with van der Waals surface area (Å²) in [4.78, 5) is 12.7. The normalized spacial score (nSPS) is 12.8. The lowest BCUT2D eigenvalue weighted by atomic mass is 10.2. The minimum Gasteiger partial charge on any atom is -0.321 e. The Morgan fingerprint density at radius 1 is 1.10 bits per heavy atom. The number of amides is 1. The molecule has 2 rings (SSSR count). The van der Waals surface area contributed by atoms with Crippen molar-refractivity contribution in [1.29, 1.82) is 0 Å². The van der Waals surface area contributed by atoms with E-state index in [9.17, 15) is 9.00 Å². The van der Waals surface area contributed by atoms with E-state index >= 15 is 0 Å². The highest BCUT2D eigenvalue weighted by atomic mass is 35.5. The zero-order valence-corrected chi connectivity index (χ0v) is 12.9. The second kappa shape index (κ2) is 7.20. The van der Waals surface area contributed by atoms with E-state index < -0.39 is 16.7 Å². The highest BCUT2D eigenvalue weighted by Crippen LogP contribution is 2.17. The van der Waals surface area contributed by atoms with Crippen molar-refractivity contribution in [1.82, 2.24) is 0 Å². The molecule has 0 aliphatic heterocycles. The number of anilines is 1. The van der Waals surface area contributed by atoms with Crippen LogP contribution >= 0.6 is 11.6 Å². The van der Waals surface area contributed by atoms with Crippen molar-refractivity contribution >= 4 is 34.0 Å². The molecule has 0 bridgehead atoms. The van der Waals surface area contributed by atoms with E-state index in [2.05, 4.69) is 5.32 Å². The fourth-order valence-electron chi connectivity index (χ4n) is 1.67. The summed E-state index contributed by atoms with van der Waals surface area (Å²) in [5.74, 6) is -0.476. The van der Waals surface area contributed by atoms with Crippen molar-refractivity contribution in [2.45, 2.75) is 11.8 Å². The van der Waals surface area contributed by atoms with Crippen LogP contribution in [0.25, 0.3) is 0 Å². The van der Waals surface area contributed by atoms with Crippen molar-refractivity contribution in [3.63, 3.8) is 0 Å². The monoisotopic (exact) mass is 319 g/mol. The highest BCUT2D eigenvalue weighted by Gasteiger charge is 2.18. The maximum Gasteiger partial charge on any atom is 0.265 e. The van der Waals surface area contributed by atoms with Gasteiger partial charge in [-0.3, -0.25) is 4.79 Å². The van der Waals surface area contributed by atoms with Gasteiger partial charge < -0.3 is 5.32 Å². The molecule has 1 atom stereocenters. The van der Waals surface area contributed by atoms with Crippen LogP contribution in [0.3, 0.4) is 0 Å². The predicted octanol–water partition coefficient (Wildman–Crippen LogP) is 3.82. The Kier molecular flexibility index (Phi) is 5.31. The molecule has 0 heterocycles. The summed E-state index contributed by atoms with van der Waals surface area (Å²) in [6, 6.07) is 16.0. The van der Waals surface area contributed by atoms with Gasteiger partial charge in [0.05, 0.1) is 10.8 Å². The van der Waals surface area contributed by atoms with Gasteiger partial charge in [-0.15, -0.1) is 0 Å². The van der Waals surface area contributed by atoms with Gasteiger partial charge in [0.2, 0.25) is 0 Å². The number of nitrogens with one attached hydrogen (secondary N) is 1. The molecule has 0 spiro atoms. The number of aryl methyl sites for hydroxylation is 1. The molecule has 0 aliphatic rings. The van der Waals surface area contributed by atoms with Gasteiger partial charge in [0.1, 0.15) is 4.91 Å². The van der Waals surface area contributed by atoms with Gasteiger partial charge in [-0.05, 0) is 31.2 Å². The lowest BCUT2D eigenvalue weighted by Crippen LogP contribution is -2.17. The third kappa shape index (κ3) is 4.03. The first-order valence-electron chi connectivity index (χ1n) is 6.27. The molecule has 1 N–H and O–H groups in total. The maximum absolute atomic E-state index is 12.4. The number of carbonyl (C=O) groups is 1. The molecule has 0 saturated heterocycles. The first kappa shape index (κ1) is 15.5. The summed E-state index contributed by atoms with van der Waals surface area (Å²) in [6.45, 7) is 1.96. The van der Waals surface area contributed by atoms with Crippen LogP contribution in [0, 0.1) is 6.92 Å². The molecule has 1 unspecified atom stereocenters. The zero-order chi connectivity index (χ0) is 15.2. The summed E-state index contributed by atoms with van der Waals surface area (Å²) in [7, 11) is -1.61. The van der Waals surface area contributed by atoms with Gasteiger partial charge in [0, 0.05) is 16.1 Å². The second-order valence-corrected chi connectivity index (χ2v) is 6.04. The Morgan fingerprint density at radius 3 is 2.29 bits per heavy atom. The van der Waals surface area contributed by atoms with Gasteiger partial charge in [-0.25, -0.2) is 4.21 Å². The first-order chi connectivity index (χ1) is 10.1. The van der Waals surface area contributed by atoms with E-state index in [4.69, 9.17) is 11.6 Å². The lowest BCUT2D eigenvalue weighted by molar-refractivity contribution is -0.112. The van der Waals surface area contributed by atoms with Crippen molar-refractivity contribution < 1.29 is 9.00 Å². The van der Waals surface area contributed by atoms with Crippen LogP contribution in [-0.2, 0) is 15.6 Å². The van der Waals surface area contributed by atoms with Gasteiger partial charge >= 0.3 is 0 Å². The Hall–Kier alpha value is -1.91. The van der Waals surface area contributed by atoms with Gasteiger partial charge in [-0.1, -0.05) is 47.5 Å². The van der Waals surface area contributed by atoms with E-state index in [-0.39, 0.29) is 4.91 Å². The third-order valence-corrected chi connectivity index (χ3v) is 4.54. The van der Waals surface area contributed by atoms with Crippen LogP contribution in [0.4, 0.5) is 5.69 Å². The largest absolute Gasteiger partial charge is 0.321 e. The number of halogens is 1. The molecular weight excluding hydrogens is 306 g/mol. The topological polar surface area (TPSA) is 46.2 Å². The van der Waals surface area contributed by atoms with Crippen molar-refractivity contribution in [3.8, 4) is 0 Å². The van der Waals surface area contributed by atoms with Crippen molar-refractivity contribution in [2.24, 2.45) is 0 Å². The quantitative estimate of drug-likeness (QED) is 0.871. The van der Waals surface area contributed by atoms with E-state index in [1.807, 2.05) is 25.1 Å². The molecule has 108 valence electrons. The number of benzene rings is 2. The summed E-state index contributed by atoms with van der Waals surface area (Å²) >= 11 is 5.68. The van der Waals surface area contributed by atoms with Crippen LogP contribution in [0.15, 0.2) is 69.9 Å². The third-order valence-electron chi connectivity index (χ3n) is 2.79. The maximum atomic E-state index is 12.4. The predicted molar refractivity (Wildman–Crippen MR) is 86.6 cm³/mol. The summed E-state index contributed by atoms with van der Waals surface area (Å²) < 4.78 is 12.4. The number of hydrogen-bond acceptors (Lipinski definition) is 2. The van der Waals surface area contributed by atoms with Gasteiger partial charge in [0.25, 0.3) is 5.91 Å². The molecule has 1 amide bonds. The average molecular weight is 320 g/mol. The number of rotatable bonds is 4. The van der Waals surface area contributed by atoms with Crippen LogP contribution in [0.2, 0.25) is 0 Å². The van der Waals surface area contributed by atoms with Crippen LogP contribution in [0.1, 0.15) is 5.56 Å². The lowest BCUT2D eigenvalue weighted by Gasteiger charge is -2.08. The fraction of sp³-hybridized carbons (Fsp3) is 0.0625. The minimum atomic E-state index is -1.61. The first-order valence-corrected chi connectivity index (χ1v) is 7.85. The Balaban J connectivity index is 2.16. The zero-order valence-electron chi connectivity index (χ0n) is 11.4. The average Bonchev–Trinajstić information content (AvgIpc) is 2.51. The Labute approximate surface area is 131 Å². The summed E-state index contributed by atoms with van der Waals surface area (Å²) in [6.07, 6.45) is 0. The molecule has 5 heteroatoms. The molecule has 0 aliphatic carbocycles. The van der Waals surface area contributed by atoms with Crippen molar-refractivity contribution in [2.75, 3.05) is 5.32 Å². The molecular formula is C16H14ClNO2S. The Bertz CT molecular complexity index is 681. The summed E-state index contributed by atoms with van der Waals surface area (Å²) in [5, 5.41) is 2.69. The van der Waals surface area contributed by atoms with Crippen LogP contribution < -0.4 is 5.32 Å². The van der Waals surface area contributed by atoms with E-state index in [0.717, 1.165) is 11.1 Å². The number of carbonyl (C=O) groups excluding carboxylic acids is 1. The van der Waals surface area contributed by atoms with E-state index in [1.165, 1.54) is 0 Å². The molecule has 3 nitrogen and oxygen atoms in total. The molecule has 21 heavy (non-hydrogen) atoms. The SMILES string of the molecule is Cc1ccc(NC(=O)/C(=C/Cl)S(=O)c2ccccc2)cc1. The molecule has 2 aromatic carbocycles. The van der Waals surface area contributed by atoms with Crippen LogP contribution in [0.5, 0.6) is 0 Å². The molecule has 2 aromatic rings. The molecule has 0 fully saturated rings. The van der Waals surface area contributed by atoms with Crippen molar-refractivity contribution in [3.05, 3.63) is 70.6 Å². The molecule has 0 saturated carbocycles. The molecule has 0 aromatic heterocycles. The van der Waals surface area contributed by atoms with Crippen LogP contribution in [-0.4, -0.2) is 10.1 Å². The van der Waals surface area contributed by atoms with E-state index in [0.29, 0.717) is 10.6 Å². The van der Waals surface area contributed by atoms with Gasteiger partial charge in [0.15, 0.2) is 0 Å². The van der Waals surface area contributed by atoms with Gasteiger partial charge in [-0.2, -0.15) is 0 Å². The molecule has 0 radical (unpaired) electrons. The fourth-order valence-corrected chi connectivity index (χ4v) is 2.98. The number of hydrogen-bond donors (Lipinski definition) is 1. The summed E-state index contributed by atoms with van der Waals surface area (Å²) in [5.41, 5.74) is 2.78. The highest BCUT2D eigenvalue weighted by molar-refractivity contribution is 7.90. The Morgan fingerprint density at radius 2 is 1.71 bits per heavy atom. The standard InChI is InChI=1S/C16H14ClNO2S/c1-12-7-9-13(10-8-12)18-16(19)15(11-17)21(20)14-5-3-2-4-6-14/h2-11H,1H3,(H,18,19)/b15-11-. The van der Waals surface area contributed by atoms with E-state index in [1.54, 1.807) is 36.4 Å².